The zero-order valence-electron chi connectivity index (χ0n) is 10.6. The highest BCUT2D eigenvalue weighted by Crippen LogP contribution is 2.29. The quantitative estimate of drug-likeness (QED) is 0.873. The first-order valence-electron chi connectivity index (χ1n) is 5.79. The summed E-state index contributed by atoms with van der Waals surface area (Å²) in [7, 11) is 0. The van der Waals surface area contributed by atoms with Gasteiger partial charge in [0.05, 0.1) is 5.69 Å². The molecule has 0 amide bonds. The molecular formula is C13H11F2N5. The molecule has 0 atom stereocenters. The van der Waals surface area contributed by atoms with Gasteiger partial charge in [0.1, 0.15) is 17.5 Å². The zero-order valence-corrected chi connectivity index (χ0v) is 10.6. The number of halogens is 2. The monoisotopic (exact) mass is 275 g/mol. The molecule has 0 unspecified atom stereocenters. The third kappa shape index (κ3) is 2.12. The molecule has 0 aliphatic heterocycles. The van der Waals surface area contributed by atoms with Crippen LogP contribution in [0.4, 0.5) is 20.5 Å². The first kappa shape index (κ1) is 13.7. The maximum Gasteiger partial charge on any atom is 0.222 e. The Morgan fingerprint density at radius 3 is 2.50 bits per heavy atom. The van der Waals surface area contributed by atoms with Crippen molar-refractivity contribution in [1.29, 1.82) is 5.26 Å². The molecule has 4 N–H and O–H groups in total. The molecule has 20 heavy (non-hydrogen) atoms. The lowest BCUT2D eigenvalue weighted by Crippen LogP contribution is -2.06. The van der Waals surface area contributed by atoms with E-state index in [1.165, 1.54) is 12.1 Å². The Bertz CT molecular complexity index is 722. The topological polar surface area (TPSA) is 102 Å². The lowest BCUT2D eigenvalue weighted by atomic mass is 10.0. The van der Waals surface area contributed by atoms with Crippen LogP contribution in [0.2, 0.25) is 0 Å². The van der Waals surface area contributed by atoms with Crippen LogP contribution in [0.25, 0.3) is 11.3 Å². The average Bonchev–Trinajstić information content (AvgIpc) is 2.41. The van der Waals surface area contributed by atoms with Crippen LogP contribution in [0, 0.1) is 23.0 Å². The third-order valence-electron chi connectivity index (χ3n) is 2.86. The second-order valence-corrected chi connectivity index (χ2v) is 4.06. The molecule has 0 saturated carbocycles. The van der Waals surface area contributed by atoms with Crippen molar-refractivity contribution in [2.75, 3.05) is 11.5 Å². The van der Waals surface area contributed by atoms with Crippen LogP contribution < -0.4 is 11.5 Å². The highest BCUT2D eigenvalue weighted by Gasteiger charge is 2.20. The number of nitrogens with two attached hydrogens (primary N) is 2. The van der Waals surface area contributed by atoms with Crippen LogP contribution in [-0.2, 0) is 6.42 Å². The first-order chi connectivity index (χ1) is 9.49. The number of hydrogen-bond donors (Lipinski definition) is 2. The molecule has 7 heteroatoms. The Balaban J connectivity index is 2.76. The molecule has 2 rings (SSSR count). The Morgan fingerprint density at radius 2 is 1.90 bits per heavy atom. The van der Waals surface area contributed by atoms with Gasteiger partial charge in [-0.3, -0.25) is 0 Å². The lowest BCUT2D eigenvalue weighted by Gasteiger charge is -2.09. The smallest absolute Gasteiger partial charge is 0.222 e. The van der Waals surface area contributed by atoms with E-state index in [2.05, 4.69) is 9.97 Å². The second-order valence-electron chi connectivity index (χ2n) is 4.06. The van der Waals surface area contributed by atoms with Crippen LogP contribution in [0.5, 0.6) is 0 Å². The summed E-state index contributed by atoms with van der Waals surface area (Å²) in [6.45, 7) is 1.71. The second kappa shape index (κ2) is 5.09. The van der Waals surface area contributed by atoms with Crippen molar-refractivity contribution in [2.24, 2.45) is 0 Å². The highest BCUT2D eigenvalue weighted by molar-refractivity contribution is 5.73. The normalized spacial score (nSPS) is 10.3. The number of anilines is 2. The summed E-state index contributed by atoms with van der Waals surface area (Å²) in [5, 5.41) is 9.05. The molecule has 0 fully saturated rings. The molecule has 0 spiro atoms. The van der Waals surface area contributed by atoms with Gasteiger partial charge in [0.15, 0.2) is 11.6 Å². The molecule has 0 radical (unpaired) electrons. The van der Waals surface area contributed by atoms with Crippen LogP contribution in [0.3, 0.4) is 0 Å². The number of benzene rings is 1. The molecule has 2 aromatic rings. The molecule has 0 aliphatic rings. The maximum atomic E-state index is 14.1. The summed E-state index contributed by atoms with van der Waals surface area (Å²) >= 11 is 0. The lowest BCUT2D eigenvalue weighted by molar-refractivity contribution is 0.502. The molecule has 1 aromatic heterocycles. The van der Waals surface area contributed by atoms with Gasteiger partial charge in [-0.25, -0.2) is 13.8 Å². The van der Waals surface area contributed by atoms with E-state index in [-0.39, 0.29) is 34.2 Å². The van der Waals surface area contributed by atoms with Gasteiger partial charge in [0.25, 0.3) is 0 Å². The van der Waals surface area contributed by atoms with E-state index in [1.807, 2.05) is 0 Å². The molecule has 102 valence electrons. The predicted molar refractivity (Wildman–Crippen MR) is 70.3 cm³/mol. The minimum Gasteiger partial charge on any atom is -0.382 e. The van der Waals surface area contributed by atoms with Crippen molar-refractivity contribution in [3.8, 4) is 17.3 Å². The molecule has 1 heterocycles. The van der Waals surface area contributed by atoms with E-state index < -0.39 is 11.6 Å². The van der Waals surface area contributed by atoms with E-state index in [0.717, 1.165) is 0 Å². The van der Waals surface area contributed by atoms with Gasteiger partial charge in [0.2, 0.25) is 5.95 Å². The van der Waals surface area contributed by atoms with Gasteiger partial charge in [-0.05, 0) is 18.1 Å². The summed E-state index contributed by atoms with van der Waals surface area (Å²) in [4.78, 5) is 7.41. The van der Waals surface area contributed by atoms with E-state index in [9.17, 15) is 8.78 Å². The minimum absolute atomic E-state index is 0.114. The minimum atomic E-state index is -1.08. The number of rotatable bonds is 2. The number of aryl methyl sites for hydroxylation is 1. The molecule has 1 aromatic carbocycles. The molecular weight excluding hydrogens is 264 g/mol. The van der Waals surface area contributed by atoms with Gasteiger partial charge in [0, 0.05) is 5.56 Å². The van der Waals surface area contributed by atoms with E-state index in [1.54, 1.807) is 13.0 Å². The molecule has 0 saturated heterocycles. The maximum absolute atomic E-state index is 14.1. The average molecular weight is 275 g/mol. The van der Waals surface area contributed by atoms with Gasteiger partial charge < -0.3 is 11.5 Å². The standard InChI is InChI=1S/C13H11F2N5/c1-2-6-3-4-7(10(15)9(6)14)11-8(5-16)12(17)20-13(18)19-11/h3-4H,2H2,1H3,(H4,17,18,19,20). The van der Waals surface area contributed by atoms with E-state index in [4.69, 9.17) is 16.7 Å². The van der Waals surface area contributed by atoms with E-state index in [0.29, 0.717) is 6.42 Å². The summed E-state index contributed by atoms with van der Waals surface area (Å²) in [6, 6.07) is 4.55. The SMILES string of the molecule is CCc1ccc(-c2nc(N)nc(N)c2C#N)c(F)c1F. The van der Waals surface area contributed by atoms with Crippen LogP contribution in [0.15, 0.2) is 12.1 Å². The van der Waals surface area contributed by atoms with E-state index >= 15 is 0 Å². The number of aromatic nitrogens is 2. The molecule has 0 bridgehead atoms. The summed E-state index contributed by atoms with van der Waals surface area (Å²) in [6.07, 6.45) is 0.349. The van der Waals surface area contributed by atoms with Gasteiger partial charge in [-0.2, -0.15) is 10.2 Å². The summed E-state index contributed by atoms with van der Waals surface area (Å²) in [5.74, 6) is -2.44. The van der Waals surface area contributed by atoms with Crippen molar-refractivity contribution >= 4 is 11.8 Å². The van der Waals surface area contributed by atoms with Crippen LogP contribution in [-0.4, -0.2) is 9.97 Å². The van der Waals surface area contributed by atoms with Crippen molar-refractivity contribution in [2.45, 2.75) is 13.3 Å². The number of nitrogen functional groups attached to an aromatic ring is 2. The third-order valence-corrected chi connectivity index (χ3v) is 2.86. The molecule has 0 aliphatic carbocycles. The summed E-state index contributed by atoms with van der Waals surface area (Å²) < 4.78 is 27.9. The van der Waals surface area contributed by atoms with Crippen LogP contribution in [0.1, 0.15) is 18.1 Å². The van der Waals surface area contributed by atoms with Gasteiger partial charge >= 0.3 is 0 Å². The fraction of sp³-hybridized carbons (Fsp3) is 0.154. The summed E-state index contributed by atoms with van der Waals surface area (Å²) in [5.41, 5.74) is 10.8. The van der Waals surface area contributed by atoms with Crippen molar-refractivity contribution < 1.29 is 8.78 Å². The highest BCUT2D eigenvalue weighted by atomic mass is 19.2. The number of nitrogens with zero attached hydrogens (tertiary/aromatic N) is 3. The van der Waals surface area contributed by atoms with Crippen molar-refractivity contribution in [3.05, 3.63) is 34.9 Å². The largest absolute Gasteiger partial charge is 0.382 e. The number of nitriles is 1. The van der Waals surface area contributed by atoms with Crippen LogP contribution >= 0.6 is 0 Å². The predicted octanol–water partition coefficient (Wildman–Crippen LogP) is 2.02. The van der Waals surface area contributed by atoms with Crippen molar-refractivity contribution in [1.82, 2.24) is 9.97 Å². The molecule has 5 nitrogen and oxygen atoms in total. The Hall–Kier alpha value is -2.75. The zero-order chi connectivity index (χ0) is 14.9. The Morgan fingerprint density at radius 1 is 1.20 bits per heavy atom. The van der Waals surface area contributed by atoms with Crippen molar-refractivity contribution in [3.63, 3.8) is 0 Å². The van der Waals surface area contributed by atoms with Gasteiger partial charge in [-0.1, -0.05) is 13.0 Å². The fourth-order valence-corrected chi connectivity index (χ4v) is 1.85. The fourth-order valence-electron chi connectivity index (χ4n) is 1.85. The Kier molecular flexibility index (Phi) is 3.48. The number of hydrogen-bond acceptors (Lipinski definition) is 5. The first-order valence-corrected chi connectivity index (χ1v) is 5.79. The Labute approximate surface area is 113 Å². The van der Waals surface area contributed by atoms with Gasteiger partial charge in [-0.15, -0.1) is 0 Å².